The Morgan fingerprint density at radius 3 is 2.36 bits per heavy atom. The number of benzene rings is 1. The van der Waals surface area contributed by atoms with E-state index in [4.69, 9.17) is 14.4 Å². The van der Waals surface area contributed by atoms with Crippen molar-refractivity contribution in [2.75, 3.05) is 0 Å². The van der Waals surface area contributed by atoms with E-state index < -0.39 is 7.12 Å². The first kappa shape index (κ1) is 13.8. The Bertz CT molecular complexity index is 853. The molecule has 1 saturated heterocycles. The van der Waals surface area contributed by atoms with Crippen molar-refractivity contribution in [1.82, 2.24) is 9.61 Å². The summed E-state index contributed by atoms with van der Waals surface area (Å²) in [6.45, 7) is 8.22. The maximum absolute atomic E-state index is 6.09. The maximum atomic E-state index is 6.09. The quantitative estimate of drug-likeness (QED) is 0.647. The zero-order chi connectivity index (χ0) is 15.5. The molecule has 0 spiro atoms. The highest BCUT2D eigenvalue weighted by atomic mass is 16.7. The van der Waals surface area contributed by atoms with Crippen LogP contribution in [0, 0.1) is 0 Å². The third-order valence-corrected chi connectivity index (χ3v) is 4.85. The zero-order valence-electron chi connectivity index (χ0n) is 13.3. The number of pyridine rings is 1. The summed E-state index contributed by atoms with van der Waals surface area (Å²) in [6, 6.07) is 14.4. The Morgan fingerprint density at radius 2 is 1.64 bits per heavy atom. The van der Waals surface area contributed by atoms with Gasteiger partial charge in [0.15, 0.2) is 0 Å². The van der Waals surface area contributed by atoms with E-state index in [1.807, 2.05) is 22.7 Å². The van der Waals surface area contributed by atoms with Crippen molar-refractivity contribution in [3.8, 4) is 0 Å². The van der Waals surface area contributed by atoms with E-state index in [0.717, 1.165) is 16.6 Å². The van der Waals surface area contributed by atoms with E-state index in [2.05, 4.69) is 52.0 Å². The second-order valence-corrected chi connectivity index (χ2v) is 6.89. The maximum Gasteiger partial charge on any atom is 0.516 e. The summed E-state index contributed by atoms with van der Waals surface area (Å²) >= 11 is 0. The fraction of sp³-hybridized carbons (Fsp3) is 0.353. The van der Waals surface area contributed by atoms with Crippen LogP contribution in [0.15, 0.2) is 42.5 Å². The van der Waals surface area contributed by atoms with Crippen molar-refractivity contribution in [2.45, 2.75) is 38.9 Å². The minimum atomic E-state index is -0.427. The molecular formula is C17H19BN2O2. The predicted octanol–water partition coefficient (Wildman–Crippen LogP) is 2.79. The molecule has 0 radical (unpaired) electrons. The highest BCUT2D eigenvalue weighted by molar-refractivity contribution is 6.61. The summed E-state index contributed by atoms with van der Waals surface area (Å²) in [7, 11) is -0.427. The summed E-state index contributed by atoms with van der Waals surface area (Å²) in [5.74, 6) is 0. The molecule has 112 valence electrons. The van der Waals surface area contributed by atoms with Crippen molar-refractivity contribution in [1.29, 1.82) is 0 Å². The standard InChI is InChI=1S/C17H19BN2O2/c1-16(2)17(3,4)22-18(21-16)15-11-13-10-9-12-7-5-6-8-14(12)20(13)19-15/h5-11H,1-4H3. The van der Waals surface area contributed by atoms with E-state index >= 15 is 0 Å². The Hall–Kier alpha value is -1.85. The lowest BCUT2D eigenvalue weighted by Gasteiger charge is -2.32. The Kier molecular flexibility index (Phi) is 2.72. The van der Waals surface area contributed by atoms with Gasteiger partial charge in [0, 0.05) is 5.39 Å². The smallest absolute Gasteiger partial charge is 0.398 e. The number of para-hydroxylation sites is 1. The number of nitrogens with zero attached hydrogens (tertiary/aromatic N) is 2. The Morgan fingerprint density at radius 1 is 0.955 bits per heavy atom. The first-order valence-corrected chi connectivity index (χ1v) is 7.60. The first-order valence-electron chi connectivity index (χ1n) is 7.60. The monoisotopic (exact) mass is 294 g/mol. The van der Waals surface area contributed by atoms with E-state index in [9.17, 15) is 0 Å². The van der Waals surface area contributed by atoms with Gasteiger partial charge < -0.3 is 9.31 Å². The molecule has 2 aromatic heterocycles. The minimum Gasteiger partial charge on any atom is -0.398 e. The number of hydrogen-bond donors (Lipinski definition) is 0. The number of fused-ring (bicyclic) bond motifs is 3. The second-order valence-electron chi connectivity index (χ2n) is 6.89. The molecule has 4 rings (SSSR count). The van der Waals surface area contributed by atoms with E-state index in [0.29, 0.717) is 0 Å². The van der Waals surface area contributed by atoms with Gasteiger partial charge in [-0.05, 0) is 45.9 Å². The van der Waals surface area contributed by atoms with Gasteiger partial charge in [0.1, 0.15) is 0 Å². The third-order valence-electron chi connectivity index (χ3n) is 4.85. The van der Waals surface area contributed by atoms with Crippen LogP contribution in [-0.2, 0) is 9.31 Å². The Labute approximate surface area is 130 Å². The lowest BCUT2D eigenvalue weighted by molar-refractivity contribution is 0.00578. The molecule has 0 unspecified atom stereocenters. The molecule has 0 atom stereocenters. The van der Waals surface area contributed by atoms with Gasteiger partial charge in [-0.25, -0.2) is 4.52 Å². The fourth-order valence-electron chi connectivity index (χ4n) is 2.80. The van der Waals surface area contributed by atoms with Gasteiger partial charge in [0.25, 0.3) is 0 Å². The van der Waals surface area contributed by atoms with Gasteiger partial charge in [0.2, 0.25) is 0 Å². The van der Waals surface area contributed by atoms with Gasteiger partial charge in [-0.3, -0.25) is 0 Å². The van der Waals surface area contributed by atoms with E-state index in [-0.39, 0.29) is 11.2 Å². The van der Waals surface area contributed by atoms with E-state index in [1.165, 1.54) is 5.39 Å². The molecule has 1 aromatic carbocycles. The SMILES string of the molecule is CC1(C)OB(c2cc3ccc4ccccc4n3n2)OC1(C)C. The topological polar surface area (TPSA) is 35.8 Å². The molecule has 1 fully saturated rings. The van der Waals surface area contributed by atoms with Crippen LogP contribution in [0.2, 0.25) is 0 Å². The van der Waals surface area contributed by atoms with Crippen molar-refractivity contribution < 1.29 is 9.31 Å². The molecule has 3 aromatic rings. The molecule has 1 aliphatic rings. The molecule has 0 bridgehead atoms. The van der Waals surface area contributed by atoms with Crippen molar-refractivity contribution in [3.05, 3.63) is 42.5 Å². The molecule has 0 aliphatic carbocycles. The highest BCUT2D eigenvalue weighted by Gasteiger charge is 2.52. The largest absolute Gasteiger partial charge is 0.516 e. The highest BCUT2D eigenvalue weighted by Crippen LogP contribution is 2.36. The van der Waals surface area contributed by atoms with Gasteiger partial charge in [0.05, 0.1) is 27.8 Å². The molecule has 0 amide bonds. The number of rotatable bonds is 1. The van der Waals surface area contributed by atoms with Crippen LogP contribution in [0.3, 0.4) is 0 Å². The van der Waals surface area contributed by atoms with Gasteiger partial charge in [-0.2, -0.15) is 5.10 Å². The Balaban J connectivity index is 1.83. The summed E-state index contributed by atoms with van der Waals surface area (Å²) in [4.78, 5) is 0. The zero-order valence-corrected chi connectivity index (χ0v) is 13.3. The predicted molar refractivity (Wildman–Crippen MR) is 88.4 cm³/mol. The summed E-state index contributed by atoms with van der Waals surface area (Å²) in [6.07, 6.45) is 0. The van der Waals surface area contributed by atoms with E-state index in [1.54, 1.807) is 0 Å². The first-order chi connectivity index (χ1) is 10.4. The lowest BCUT2D eigenvalue weighted by Crippen LogP contribution is -2.41. The van der Waals surface area contributed by atoms with Gasteiger partial charge in [-0.15, -0.1) is 0 Å². The number of hydrogen-bond acceptors (Lipinski definition) is 3. The molecule has 0 N–H and O–H groups in total. The lowest BCUT2D eigenvalue weighted by atomic mass is 9.85. The third kappa shape index (κ3) is 1.89. The molecule has 3 heterocycles. The summed E-state index contributed by atoms with van der Waals surface area (Å²) in [5, 5.41) is 5.89. The summed E-state index contributed by atoms with van der Waals surface area (Å²) in [5.41, 5.74) is 2.24. The van der Waals surface area contributed by atoms with Crippen LogP contribution in [0.5, 0.6) is 0 Å². The van der Waals surface area contributed by atoms with Crippen LogP contribution in [0.4, 0.5) is 0 Å². The van der Waals surface area contributed by atoms with Crippen LogP contribution < -0.4 is 5.59 Å². The fourth-order valence-corrected chi connectivity index (χ4v) is 2.80. The van der Waals surface area contributed by atoms with Gasteiger partial charge in [-0.1, -0.05) is 24.3 Å². The van der Waals surface area contributed by atoms with Crippen molar-refractivity contribution in [2.24, 2.45) is 0 Å². The normalized spacial score (nSPS) is 20.1. The summed E-state index contributed by atoms with van der Waals surface area (Å²) < 4.78 is 14.1. The average molecular weight is 294 g/mol. The second kappa shape index (κ2) is 4.34. The van der Waals surface area contributed by atoms with Crippen molar-refractivity contribution >= 4 is 29.1 Å². The van der Waals surface area contributed by atoms with Crippen LogP contribution in [-0.4, -0.2) is 27.9 Å². The molecule has 22 heavy (non-hydrogen) atoms. The van der Waals surface area contributed by atoms with Crippen LogP contribution >= 0.6 is 0 Å². The van der Waals surface area contributed by atoms with Gasteiger partial charge >= 0.3 is 7.12 Å². The number of aromatic nitrogens is 2. The van der Waals surface area contributed by atoms with Crippen LogP contribution in [0.1, 0.15) is 27.7 Å². The minimum absolute atomic E-state index is 0.352. The molecular weight excluding hydrogens is 275 g/mol. The average Bonchev–Trinajstić information content (AvgIpc) is 2.98. The molecule has 4 nitrogen and oxygen atoms in total. The van der Waals surface area contributed by atoms with Crippen LogP contribution in [0.25, 0.3) is 16.4 Å². The molecule has 5 heteroatoms. The van der Waals surface area contributed by atoms with Crippen molar-refractivity contribution in [3.63, 3.8) is 0 Å². The molecule has 0 saturated carbocycles. The molecule has 1 aliphatic heterocycles.